The van der Waals surface area contributed by atoms with Gasteiger partial charge in [0.15, 0.2) is 0 Å². The highest BCUT2D eigenvalue weighted by molar-refractivity contribution is 5.61. The molecule has 0 aliphatic heterocycles. The molecule has 0 atom stereocenters. The SMILES string of the molecule is FC(F)n1cc(-c2ccccc2)cn1. The predicted molar refractivity (Wildman–Crippen MR) is 48.9 cm³/mol. The number of nitrogens with zero attached hydrogens (tertiary/aromatic N) is 2. The van der Waals surface area contributed by atoms with Crippen LogP contribution in [-0.4, -0.2) is 9.78 Å². The summed E-state index contributed by atoms with van der Waals surface area (Å²) < 4.78 is 25.0. The lowest BCUT2D eigenvalue weighted by Gasteiger charge is -1.96. The van der Waals surface area contributed by atoms with Crippen molar-refractivity contribution in [1.29, 1.82) is 0 Å². The lowest BCUT2D eigenvalue weighted by atomic mass is 10.1. The van der Waals surface area contributed by atoms with Gasteiger partial charge in [-0.3, -0.25) is 0 Å². The van der Waals surface area contributed by atoms with Crippen LogP contribution in [0.2, 0.25) is 0 Å². The monoisotopic (exact) mass is 194 g/mol. The van der Waals surface area contributed by atoms with Crippen molar-refractivity contribution >= 4 is 0 Å². The van der Waals surface area contributed by atoms with E-state index in [2.05, 4.69) is 5.10 Å². The van der Waals surface area contributed by atoms with Gasteiger partial charge in [-0.1, -0.05) is 30.3 Å². The summed E-state index contributed by atoms with van der Waals surface area (Å²) in [7, 11) is 0. The first kappa shape index (κ1) is 8.87. The van der Waals surface area contributed by atoms with E-state index in [1.54, 1.807) is 0 Å². The number of hydrogen-bond donors (Lipinski definition) is 0. The van der Waals surface area contributed by atoms with Gasteiger partial charge < -0.3 is 0 Å². The Morgan fingerprint density at radius 1 is 1.07 bits per heavy atom. The van der Waals surface area contributed by atoms with Crippen LogP contribution < -0.4 is 0 Å². The average molecular weight is 194 g/mol. The van der Waals surface area contributed by atoms with Crippen molar-refractivity contribution in [3.8, 4) is 11.1 Å². The fourth-order valence-corrected chi connectivity index (χ4v) is 1.22. The number of hydrogen-bond acceptors (Lipinski definition) is 1. The molecule has 14 heavy (non-hydrogen) atoms. The molecular formula is C10H8F2N2. The number of halogens is 2. The number of alkyl halides is 2. The number of rotatable bonds is 2. The predicted octanol–water partition coefficient (Wildman–Crippen LogP) is 2.95. The third-order valence-corrected chi connectivity index (χ3v) is 1.91. The normalized spacial score (nSPS) is 10.8. The second-order valence-corrected chi connectivity index (χ2v) is 2.85. The lowest BCUT2D eigenvalue weighted by Crippen LogP contribution is -1.96. The van der Waals surface area contributed by atoms with E-state index in [1.165, 1.54) is 12.4 Å². The molecule has 0 aliphatic carbocycles. The van der Waals surface area contributed by atoms with Crippen LogP contribution in [0.1, 0.15) is 6.55 Å². The van der Waals surface area contributed by atoms with Gasteiger partial charge >= 0.3 is 6.55 Å². The van der Waals surface area contributed by atoms with E-state index in [0.29, 0.717) is 10.2 Å². The van der Waals surface area contributed by atoms with Gasteiger partial charge in [-0.05, 0) is 5.56 Å². The molecule has 1 heterocycles. The summed E-state index contributed by atoms with van der Waals surface area (Å²) in [5.74, 6) is 0. The Bertz CT molecular complexity index is 409. The highest BCUT2D eigenvalue weighted by Crippen LogP contribution is 2.19. The average Bonchev–Trinajstić information content (AvgIpc) is 2.68. The topological polar surface area (TPSA) is 17.8 Å². The Morgan fingerprint density at radius 3 is 2.36 bits per heavy atom. The standard InChI is InChI=1S/C10H8F2N2/c11-10(12)14-7-9(6-13-14)8-4-2-1-3-5-8/h1-7,10H. The first-order valence-electron chi connectivity index (χ1n) is 4.15. The largest absolute Gasteiger partial charge is 0.333 e. The first-order chi connectivity index (χ1) is 6.77. The smallest absolute Gasteiger partial charge is 0.211 e. The molecule has 0 radical (unpaired) electrons. The van der Waals surface area contributed by atoms with Crippen molar-refractivity contribution in [2.45, 2.75) is 6.55 Å². The molecule has 2 nitrogen and oxygen atoms in total. The molecule has 0 spiro atoms. The summed E-state index contributed by atoms with van der Waals surface area (Å²) in [6, 6.07) is 9.30. The molecule has 1 aromatic carbocycles. The van der Waals surface area contributed by atoms with Crippen LogP contribution in [0.5, 0.6) is 0 Å². The second kappa shape index (κ2) is 3.57. The minimum Gasteiger partial charge on any atom is -0.211 e. The summed E-state index contributed by atoms with van der Waals surface area (Å²) >= 11 is 0. The third-order valence-electron chi connectivity index (χ3n) is 1.91. The van der Waals surface area contributed by atoms with Crippen LogP contribution in [0.15, 0.2) is 42.7 Å². The highest BCUT2D eigenvalue weighted by atomic mass is 19.3. The van der Waals surface area contributed by atoms with Crippen LogP contribution in [-0.2, 0) is 0 Å². The zero-order valence-corrected chi connectivity index (χ0v) is 7.27. The van der Waals surface area contributed by atoms with Crippen LogP contribution >= 0.6 is 0 Å². The summed E-state index contributed by atoms with van der Waals surface area (Å²) in [6.07, 6.45) is 2.77. The Labute approximate surface area is 79.8 Å². The van der Waals surface area contributed by atoms with Gasteiger partial charge in [-0.2, -0.15) is 13.9 Å². The summed E-state index contributed by atoms with van der Waals surface area (Å²) in [6.45, 7) is -2.58. The molecule has 72 valence electrons. The van der Waals surface area contributed by atoms with Gasteiger partial charge in [0.2, 0.25) is 0 Å². The fraction of sp³-hybridized carbons (Fsp3) is 0.100. The molecule has 0 amide bonds. The van der Waals surface area contributed by atoms with Crippen molar-refractivity contribution in [3.63, 3.8) is 0 Å². The molecule has 0 N–H and O–H groups in total. The van der Waals surface area contributed by atoms with Crippen LogP contribution in [0.4, 0.5) is 8.78 Å². The van der Waals surface area contributed by atoms with Gasteiger partial charge in [-0.25, -0.2) is 4.68 Å². The van der Waals surface area contributed by atoms with Gasteiger partial charge in [-0.15, -0.1) is 0 Å². The van der Waals surface area contributed by atoms with Gasteiger partial charge in [0.05, 0.1) is 6.20 Å². The molecule has 4 heteroatoms. The fourth-order valence-electron chi connectivity index (χ4n) is 1.22. The molecule has 0 aliphatic rings. The maximum absolute atomic E-state index is 12.2. The number of benzene rings is 1. The molecule has 1 aromatic heterocycles. The molecule has 2 aromatic rings. The quantitative estimate of drug-likeness (QED) is 0.718. The van der Waals surface area contributed by atoms with Crippen LogP contribution in [0.25, 0.3) is 11.1 Å². The van der Waals surface area contributed by atoms with Crippen LogP contribution in [0, 0.1) is 0 Å². The van der Waals surface area contributed by atoms with Crippen molar-refractivity contribution in [3.05, 3.63) is 42.7 Å². The molecule has 0 bridgehead atoms. The minimum atomic E-state index is -2.58. The maximum Gasteiger partial charge on any atom is 0.333 e. The van der Waals surface area contributed by atoms with E-state index < -0.39 is 6.55 Å². The summed E-state index contributed by atoms with van der Waals surface area (Å²) in [5, 5.41) is 3.56. The molecule has 0 saturated carbocycles. The van der Waals surface area contributed by atoms with Gasteiger partial charge in [0.1, 0.15) is 0 Å². The van der Waals surface area contributed by atoms with Crippen molar-refractivity contribution < 1.29 is 8.78 Å². The van der Waals surface area contributed by atoms with E-state index in [9.17, 15) is 8.78 Å². The highest BCUT2D eigenvalue weighted by Gasteiger charge is 2.07. The zero-order valence-electron chi connectivity index (χ0n) is 7.27. The molecule has 2 rings (SSSR count). The van der Waals surface area contributed by atoms with E-state index in [4.69, 9.17) is 0 Å². The van der Waals surface area contributed by atoms with Crippen molar-refractivity contribution in [2.24, 2.45) is 0 Å². The Kier molecular flexibility index (Phi) is 2.26. The van der Waals surface area contributed by atoms with Gasteiger partial charge in [0.25, 0.3) is 0 Å². The zero-order chi connectivity index (χ0) is 9.97. The maximum atomic E-state index is 12.2. The van der Waals surface area contributed by atoms with Gasteiger partial charge in [0, 0.05) is 11.8 Å². The van der Waals surface area contributed by atoms with Crippen molar-refractivity contribution in [1.82, 2.24) is 9.78 Å². The van der Waals surface area contributed by atoms with E-state index in [0.717, 1.165) is 5.56 Å². The lowest BCUT2D eigenvalue weighted by molar-refractivity contribution is 0.0566. The molecule has 0 saturated heterocycles. The Morgan fingerprint density at radius 2 is 1.79 bits per heavy atom. The second-order valence-electron chi connectivity index (χ2n) is 2.85. The number of aromatic nitrogens is 2. The summed E-state index contributed by atoms with van der Waals surface area (Å²) in [4.78, 5) is 0. The van der Waals surface area contributed by atoms with E-state index in [1.807, 2.05) is 30.3 Å². The molecule has 0 unspecified atom stereocenters. The van der Waals surface area contributed by atoms with E-state index >= 15 is 0 Å². The summed E-state index contributed by atoms with van der Waals surface area (Å²) in [5.41, 5.74) is 1.59. The molecular weight excluding hydrogens is 186 g/mol. The van der Waals surface area contributed by atoms with E-state index in [-0.39, 0.29) is 0 Å². The van der Waals surface area contributed by atoms with Crippen molar-refractivity contribution in [2.75, 3.05) is 0 Å². The minimum absolute atomic E-state index is 0.641. The Balaban J connectivity index is 2.34. The molecule has 0 fully saturated rings. The third kappa shape index (κ3) is 1.64. The van der Waals surface area contributed by atoms with Crippen LogP contribution in [0.3, 0.4) is 0 Å². The first-order valence-corrected chi connectivity index (χ1v) is 4.15. The Hall–Kier alpha value is -1.71.